The summed E-state index contributed by atoms with van der Waals surface area (Å²) in [5, 5.41) is 9.50. The van der Waals surface area contributed by atoms with Gasteiger partial charge in [0.1, 0.15) is 0 Å². The summed E-state index contributed by atoms with van der Waals surface area (Å²) in [5.74, 6) is -0.900. The molecule has 0 spiro atoms. The number of aromatic carboxylic acids is 1. The molecular weight excluding hydrogens is 236 g/mol. The van der Waals surface area contributed by atoms with Gasteiger partial charge in [0.25, 0.3) is 0 Å². The predicted molar refractivity (Wildman–Crippen MR) is 67.7 cm³/mol. The van der Waals surface area contributed by atoms with Crippen LogP contribution >= 0.6 is 11.6 Å². The van der Waals surface area contributed by atoms with Crippen LogP contribution in [0.25, 0.3) is 0 Å². The van der Waals surface area contributed by atoms with Gasteiger partial charge in [-0.2, -0.15) is 0 Å². The van der Waals surface area contributed by atoms with Crippen LogP contribution in [0.15, 0.2) is 48.5 Å². The molecule has 0 atom stereocenters. The second-order valence-electron chi connectivity index (χ2n) is 3.81. The van der Waals surface area contributed by atoms with Gasteiger partial charge in [0.05, 0.1) is 5.56 Å². The van der Waals surface area contributed by atoms with Crippen LogP contribution in [0.2, 0.25) is 5.02 Å². The Morgan fingerprint density at radius 1 is 0.941 bits per heavy atom. The molecule has 2 nitrogen and oxygen atoms in total. The minimum absolute atomic E-state index is 0.310. The van der Waals surface area contributed by atoms with Crippen molar-refractivity contribution in [2.75, 3.05) is 0 Å². The maximum Gasteiger partial charge on any atom is 0.335 e. The normalized spacial score (nSPS) is 10.2. The first-order chi connectivity index (χ1) is 8.15. The van der Waals surface area contributed by atoms with Crippen LogP contribution in [0.3, 0.4) is 0 Å². The molecule has 0 aliphatic carbocycles. The van der Waals surface area contributed by atoms with Crippen molar-refractivity contribution < 1.29 is 9.90 Å². The zero-order chi connectivity index (χ0) is 12.3. The highest BCUT2D eigenvalue weighted by molar-refractivity contribution is 6.30. The summed E-state index contributed by atoms with van der Waals surface area (Å²) in [5.41, 5.74) is 2.54. The predicted octanol–water partition coefficient (Wildman–Crippen LogP) is 3.63. The first-order valence-corrected chi connectivity index (χ1v) is 5.59. The van der Waals surface area contributed by atoms with E-state index in [2.05, 4.69) is 0 Å². The molecule has 0 radical (unpaired) electrons. The van der Waals surface area contributed by atoms with E-state index in [-0.39, 0.29) is 0 Å². The smallest absolute Gasteiger partial charge is 0.335 e. The number of carboxylic acid groups (broad SMARTS) is 1. The van der Waals surface area contributed by atoms with Crippen LogP contribution in [-0.2, 0) is 6.42 Å². The fraction of sp³-hybridized carbons (Fsp3) is 0.0714. The first kappa shape index (κ1) is 11.7. The van der Waals surface area contributed by atoms with Gasteiger partial charge in [0.2, 0.25) is 0 Å². The van der Waals surface area contributed by atoms with Gasteiger partial charge in [-0.25, -0.2) is 4.79 Å². The van der Waals surface area contributed by atoms with Crippen molar-refractivity contribution in [3.8, 4) is 0 Å². The SMILES string of the molecule is O=C(O)c1ccc(Cc2ccc(Cl)cc2)cc1. The standard InChI is InChI=1S/C14H11ClO2/c15-13-7-3-11(4-8-13)9-10-1-5-12(6-2-10)14(16)17/h1-8H,9H2,(H,16,17). The largest absolute Gasteiger partial charge is 0.478 e. The number of carboxylic acids is 1. The van der Waals surface area contributed by atoms with E-state index < -0.39 is 5.97 Å². The lowest BCUT2D eigenvalue weighted by Gasteiger charge is -2.02. The van der Waals surface area contributed by atoms with E-state index in [9.17, 15) is 4.79 Å². The second-order valence-corrected chi connectivity index (χ2v) is 4.24. The van der Waals surface area contributed by atoms with E-state index in [1.165, 1.54) is 0 Å². The Kier molecular flexibility index (Phi) is 3.45. The van der Waals surface area contributed by atoms with Crippen LogP contribution in [-0.4, -0.2) is 11.1 Å². The van der Waals surface area contributed by atoms with Crippen LogP contribution < -0.4 is 0 Å². The molecule has 0 saturated carbocycles. The van der Waals surface area contributed by atoms with Gasteiger partial charge < -0.3 is 5.11 Å². The average molecular weight is 247 g/mol. The maximum absolute atomic E-state index is 10.7. The number of halogens is 1. The minimum atomic E-state index is -0.900. The van der Waals surface area contributed by atoms with Crippen LogP contribution in [0, 0.1) is 0 Å². The summed E-state index contributed by atoms with van der Waals surface area (Å²) < 4.78 is 0. The summed E-state index contributed by atoms with van der Waals surface area (Å²) in [7, 11) is 0. The van der Waals surface area contributed by atoms with Crippen molar-refractivity contribution in [2.45, 2.75) is 6.42 Å². The zero-order valence-electron chi connectivity index (χ0n) is 9.06. The fourth-order valence-electron chi connectivity index (χ4n) is 1.60. The first-order valence-electron chi connectivity index (χ1n) is 5.22. The van der Waals surface area contributed by atoms with E-state index in [1.807, 2.05) is 36.4 Å². The van der Waals surface area contributed by atoms with Crippen molar-refractivity contribution in [2.24, 2.45) is 0 Å². The van der Waals surface area contributed by atoms with Crippen molar-refractivity contribution in [3.05, 3.63) is 70.2 Å². The molecule has 1 N–H and O–H groups in total. The zero-order valence-corrected chi connectivity index (χ0v) is 9.82. The van der Waals surface area contributed by atoms with Gasteiger partial charge in [-0.05, 0) is 41.8 Å². The molecule has 86 valence electrons. The van der Waals surface area contributed by atoms with E-state index in [0.717, 1.165) is 22.6 Å². The summed E-state index contributed by atoms with van der Waals surface area (Å²) >= 11 is 5.81. The van der Waals surface area contributed by atoms with Gasteiger partial charge in [-0.1, -0.05) is 35.9 Å². The molecule has 3 heteroatoms. The molecule has 0 heterocycles. The molecular formula is C14H11ClO2. The van der Waals surface area contributed by atoms with E-state index in [0.29, 0.717) is 5.56 Å². The molecule has 0 aliphatic rings. The second kappa shape index (κ2) is 5.02. The topological polar surface area (TPSA) is 37.3 Å². The van der Waals surface area contributed by atoms with Crippen molar-refractivity contribution in [3.63, 3.8) is 0 Å². The third-order valence-corrected chi connectivity index (χ3v) is 2.77. The Morgan fingerprint density at radius 2 is 1.41 bits per heavy atom. The molecule has 17 heavy (non-hydrogen) atoms. The van der Waals surface area contributed by atoms with E-state index in [1.54, 1.807) is 12.1 Å². The molecule has 0 fully saturated rings. The Balaban J connectivity index is 2.13. The summed E-state index contributed by atoms with van der Waals surface area (Å²) in [6.45, 7) is 0. The summed E-state index contributed by atoms with van der Waals surface area (Å²) in [6, 6.07) is 14.5. The number of benzene rings is 2. The lowest BCUT2D eigenvalue weighted by molar-refractivity contribution is 0.0697. The molecule has 0 saturated heterocycles. The lowest BCUT2D eigenvalue weighted by atomic mass is 10.0. The minimum Gasteiger partial charge on any atom is -0.478 e. The number of hydrogen-bond acceptors (Lipinski definition) is 1. The molecule has 2 aromatic carbocycles. The highest BCUT2D eigenvalue weighted by Crippen LogP contribution is 2.14. The lowest BCUT2D eigenvalue weighted by Crippen LogP contribution is -1.96. The summed E-state index contributed by atoms with van der Waals surface area (Å²) in [4.78, 5) is 10.7. The highest BCUT2D eigenvalue weighted by atomic mass is 35.5. The number of carbonyl (C=O) groups is 1. The van der Waals surface area contributed by atoms with Gasteiger partial charge in [-0.15, -0.1) is 0 Å². The van der Waals surface area contributed by atoms with Crippen molar-refractivity contribution >= 4 is 17.6 Å². The average Bonchev–Trinajstić information content (AvgIpc) is 2.33. The van der Waals surface area contributed by atoms with Gasteiger partial charge >= 0.3 is 5.97 Å². The van der Waals surface area contributed by atoms with Gasteiger partial charge in [0, 0.05) is 5.02 Å². The van der Waals surface area contributed by atoms with Crippen molar-refractivity contribution in [1.82, 2.24) is 0 Å². The quantitative estimate of drug-likeness (QED) is 0.898. The van der Waals surface area contributed by atoms with Gasteiger partial charge in [0.15, 0.2) is 0 Å². The van der Waals surface area contributed by atoms with E-state index >= 15 is 0 Å². The Labute approximate surface area is 104 Å². The van der Waals surface area contributed by atoms with Crippen molar-refractivity contribution in [1.29, 1.82) is 0 Å². The van der Waals surface area contributed by atoms with Crippen LogP contribution in [0.4, 0.5) is 0 Å². The highest BCUT2D eigenvalue weighted by Gasteiger charge is 2.02. The number of hydrogen-bond donors (Lipinski definition) is 1. The van der Waals surface area contributed by atoms with Crippen LogP contribution in [0.5, 0.6) is 0 Å². The van der Waals surface area contributed by atoms with Crippen LogP contribution in [0.1, 0.15) is 21.5 Å². The molecule has 0 unspecified atom stereocenters. The molecule has 0 amide bonds. The molecule has 0 aromatic heterocycles. The molecule has 2 aromatic rings. The number of rotatable bonds is 3. The fourth-order valence-corrected chi connectivity index (χ4v) is 1.73. The third kappa shape index (κ3) is 3.08. The summed E-state index contributed by atoms with van der Waals surface area (Å²) in [6.07, 6.45) is 0.775. The monoisotopic (exact) mass is 246 g/mol. The molecule has 0 bridgehead atoms. The van der Waals surface area contributed by atoms with E-state index in [4.69, 9.17) is 16.7 Å². The third-order valence-electron chi connectivity index (χ3n) is 2.52. The van der Waals surface area contributed by atoms with Gasteiger partial charge in [-0.3, -0.25) is 0 Å². The maximum atomic E-state index is 10.7. The molecule has 2 rings (SSSR count). The molecule has 0 aliphatic heterocycles. The Hall–Kier alpha value is -1.80. The Bertz CT molecular complexity index is 515. The Morgan fingerprint density at radius 3 is 1.88 bits per heavy atom.